The number of hydrogen-bond acceptors (Lipinski definition) is 5. The SMILES string of the molecule is COCCS(=O)(=O)CCNCCc1cccs1. The lowest BCUT2D eigenvalue weighted by Crippen LogP contribution is -2.27. The maximum atomic E-state index is 11.5. The van der Waals surface area contributed by atoms with E-state index in [1.807, 2.05) is 11.4 Å². The molecule has 1 rings (SSSR count). The zero-order valence-corrected chi connectivity index (χ0v) is 11.6. The molecule has 0 saturated heterocycles. The molecule has 0 aliphatic carbocycles. The molecule has 1 heterocycles. The topological polar surface area (TPSA) is 55.4 Å². The van der Waals surface area contributed by atoms with Crippen molar-refractivity contribution in [1.29, 1.82) is 0 Å². The van der Waals surface area contributed by atoms with Crippen LogP contribution in [0.1, 0.15) is 4.88 Å². The van der Waals surface area contributed by atoms with Crippen LogP contribution in [0.3, 0.4) is 0 Å². The monoisotopic (exact) mass is 277 g/mol. The van der Waals surface area contributed by atoms with E-state index in [4.69, 9.17) is 4.74 Å². The average Bonchev–Trinajstić information content (AvgIpc) is 2.79. The molecule has 0 bridgehead atoms. The van der Waals surface area contributed by atoms with E-state index in [0.717, 1.165) is 13.0 Å². The predicted octanol–water partition coefficient (Wildman–Crippen LogP) is 0.941. The fourth-order valence-corrected chi connectivity index (χ4v) is 3.12. The molecule has 0 aromatic carbocycles. The van der Waals surface area contributed by atoms with Gasteiger partial charge in [-0.25, -0.2) is 8.42 Å². The Bertz CT molecular complexity index is 387. The Kier molecular flexibility index (Phi) is 6.72. The van der Waals surface area contributed by atoms with Crippen molar-refractivity contribution in [2.45, 2.75) is 6.42 Å². The van der Waals surface area contributed by atoms with E-state index in [-0.39, 0.29) is 18.1 Å². The molecular formula is C11H19NO3S2. The Morgan fingerprint density at radius 2 is 2.18 bits per heavy atom. The van der Waals surface area contributed by atoms with Crippen molar-refractivity contribution >= 4 is 21.2 Å². The number of thiophene rings is 1. The quantitative estimate of drug-likeness (QED) is 0.683. The molecule has 0 radical (unpaired) electrons. The first-order chi connectivity index (χ1) is 8.14. The third-order valence-corrected chi connectivity index (χ3v) is 4.87. The second-order valence-corrected chi connectivity index (χ2v) is 7.06. The minimum Gasteiger partial charge on any atom is -0.384 e. The van der Waals surface area contributed by atoms with Gasteiger partial charge in [0.05, 0.1) is 18.1 Å². The van der Waals surface area contributed by atoms with Gasteiger partial charge in [0.2, 0.25) is 0 Å². The minimum atomic E-state index is -2.96. The normalized spacial score (nSPS) is 11.8. The Morgan fingerprint density at radius 1 is 1.35 bits per heavy atom. The van der Waals surface area contributed by atoms with Crippen LogP contribution in [-0.4, -0.2) is 46.7 Å². The van der Waals surface area contributed by atoms with Crippen molar-refractivity contribution in [1.82, 2.24) is 5.32 Å². The molecule has 0 aliphatic rings. The van der Waals surface area contributed by atoms with Crippen molar-refractivity contribution < 1.29 is 13.2 Å². The molecule has 0 spiro atoms. The van der Waals surface area contributed by atoms with Gasteiger partial charge in [0.25, 0.3) is 0 Å². The number of hydrogen-bond donors (Lipinski definition) is 1. The molecule has 1 aromatic rings. The fourth-order valence-electron chi connectivity index (χ4n) is 1.33. The summed E-state index contributed by atoms with van der Waals surface area (Å²) in [4.78, 5) is 1.32. The van der Waals surface area contributed by atoms with Gasteiger partial charge in [0.15, 0.2) is 9.84 Å². The summed E-state index contributed by atoms with van der Waals surface area (Å²) in [5.41, 5.74) is 0. The van der Waals surface area contributed by atoms with E-state index in [1.54, 1.807) is 11.3 Å². The summed E-state index contributed by atoms with van der Waals surface area (Å²) < 4.78 is 27.7. The largest absolute Gasteiger partial charge is 0.384 e. The van der Waals surface area contributed by atoms with Gasteiger partial charge < -0.3 is 10.1 Å². The first-order valence-electron chi connectivity index (χ1n) is 5.56. The van der Waals surface area contributed by atoms with Gasteiger partial charge in [0.1, 0.15) is 0 Å². The standard InChI is InChI=1S/C11H19NO3S2/c1-15-7-10-17(13,14)9-6-12-5-4-11-3-2-8-16-11/h2-3,8,12H,4-7,9-10H2,1H3. The van der Waals surface area contributed by atoms with Crippen molar-refractivity contribution in [2.24, 2.45) is 0 Å². The highest BCUT2D eigenvalue weighted by Crippen LogP contribution is 2.07. The Balaban J connectivity index is 2.07. The van der Waals surface area contributed by atoms with Gasteiger partial charge in [-0.2, -0.15) is 0 Å². The Morgan fingerprint density at radius 3 is 2.82 bits per heavy atom. The van der Waals surface area contributed by atoms with E-state index in [0.29, 0.717) is 6.54 Å². The van der Waals surface area contributed by atoms with Crippen molar-refractivity contribution in [2.75, 3.05) is 38.3 Å². The zero-order chi connectivity index (χ0) is 12.6. The molecule has 1 N–H and O–H groups in total. The second kappa shape index (κ2) is 7.81. The van der Waals surface area contributed by atoms with Gasteiger partial charge in [-0.15, -0.1) is 11.3 Å². The van der Waals surface area contributed by atoms with Crippen LogP contribution in [0.5, 0.6) is 0 Å². The summed E-state index contributed by atoms with van der Waals surface area (Å²) in [5.74, 6) is 0.289. The average molecular weight is 277 g/mol. The van der Waals surface area contributed by atoms with Gasteiger partial charge in [-0.3, -0.25) is 0 Å². The second-order valence-electron chi connectivity index (χ2n) is 3.72. The maximum Gasteiger partial charge on any atom is 0.153 e. The summed E-state index contributed by atoms with van der Waals surface area (Å²) >= 11 is 1.72. The number of ether oxygens (including phenoxy) is 1. The number of nitrogens with one attached hydrogen (secondary N) is 1. The summed E-state index contributed by atoms with van der Waals surface area (Å²) in [6.07, 6.45) is 0.954. The number of sulfone groups is 1. The predicted molar refractivity (Wildman–Crippen MR) is 71.4 cm³/mol. The van der Waals surface area contributed by atoms with E-state index in [2.05, 4.69) is 11.4 Å². The van der Waals surface area contributed by atoms with Gasteiger partial charge in [0, 0.05) is 18.5 Å². The molecule has 6 heteroatoms. The van der Waals surface area contributed by atoms with Crippen molar-refractivity contribution in [3.05, 3.63) is 22.4 Å². The lowest BCUT2D eigenvalue weighted by molar-refractivity contribution is 0.217. The van der Waals surface area contributed by atoms with Crippen LogP contribution >= 0.6 is 11.3 Å². The first-order valence-corrected chi connectivity index (χ1v) is 8.26. The molecule has 0 aliphatic heterocycles. The highest BCUT2D eigenvalue weighted by atomic mass is 32.2. The third-order valence-electron chi connectivity index (χ3n) is 2.32. The molecule has 98 valence electrons. The maximum absolute atomic E-state index is 11.5. The van der Waals surface area contributed by atoms with Gasteiger partial charge >= 0.3 is 0 Å². The summed E-state index contributed by atoms with van der Waals surface area (Å²) in [6, 6.07) is 4.11. The molecule has 0 amide bonds. The van der Waals surface area contributed by atoms with Crippen LogP contribution in [0, 0.1) is 0 Å². The van der Waals surface area contributed by atoms with Crippen molar-refractivity contribution in [3.8, 4) is 0 Å². The smallest absolute Gasteiger partial charge is 0.153 e. The van der Waals surface area contributed by atoms with Gasteiger partial charge in [-0.1, -0.05) is 6.07 Å². The summed E-state index contributed by atoms with van der Waals surface area (Å²) in [5, 5.41) is 5.19. The van der Waals surface area contributed by atoms with E-state index < -0.39 is 9.84 Å². The number of methoxy groups -OCH3 is 1. The molecule has 4 nitrogen and oxygen atoms in total. The van der Waals surface area contributed by atoms with E-state index >= 15 is 0 Å². The highest BCUT2D eigenvalue weighted by molar-refractivity contribution is 7.91. The van der Waals surface area contributed by atoms with Crippen LogP contribution in [0.2, 0.25) is 0 Å². The molecule has 0 fully saturated rings. The van der Waals surface area contributed by atoms with E-state index in [1.165, 1.54) is 12.0 Å². The number of rotatable bonds is 9. The lowest BCUT2D eigenvalue weighted by Gasteiger charge is -2.05. The van der Waals surface area contributed by atoms with Crippen LogP contribution in [0.4, 0.5) is 0 Å². The van der Waals surface area contributed by atoms with Crippen LogP contribution in [0.15, 0.2) is 17.5 Å². The molecular weight excluding hydrogens is 258 g/mol. The first kappa shape index (κ1) is 14.6. The van der Waals surface area contributed by atoms with Gasteiger partial charge in [-0.05, 0) is 24.4 Å². The molecule has 0 saturated carbocycles. The Hall–Kier alpha value is -0.430. The molecule has 0 unspecified atom stereocenters. The van der Waals surface area contributed by atoms with Crippen LogP contribution in [-0.2, 0) is 21.0 Å². The third kappa shape index (κ3) is 6.78. The van der Waals surface area contributed by atoms with E-state index in [9.17, 15) is 8.42 Å². The minimum absolute atomic E-state index is 0.107. The lowest BCUT2D eigenvalue weighted by atomic mass is 10.3. The fraction of sp³-hybridized carbons (Fsp3) is 0.636. The summed E-state index contributed by atoms with van der Waals surface area (Å²) in [6.45, 7) is 1.61. The zero-order valence-electron chi connectivity index (χ0n) is 10.0. The molecule has 0 atom stereocenters. The van der Waals surface area contributed by atoms with Crippen LogP contribution < -0.4 is 5.32 Å². The molecule has 17 heavy (non-hydrogen) atoms. The Labute approximate surface area is 107 Å². The summed E-state index contributed by atoms with van der Waals surface area (Å²) in [7, 11) is -1.45. The van der Waals surface area contributed by atoms with Crippen molar-refractivity contribution in [3.63, 3.8) is 0 Å². The molecule has 1 aromatic heterocycles. The van der Waals surface area contributed by atoms with Crippen LogP contribution in [0.25, 0.3) is 0 Å². The highest BCUT2D eigenvalue weighted by Gasteiger charge is 2.09.